The van der Waals surface area contributed by atoms with Crippen molar-refractivity contribution in [1.29, 1.82) is 0 Å². The van der Waals surface area contributed by atoms with Gasteiger partial charge in [-0.15, -0.1) is 5.10 Å². The smallest absolute Gasteiger partial charge is 0.370 e. The average molecular weight is 618 g/mol. The first kappa shape index (κ1) is 31.1. The van der Waals surface area contributed by atoms with Crippen molar-refractivity contribution in [2.24, 2.45) is 0 Å². The highest BCUT2D eigenvalue weighted by Gasteiger charge is 2.28. The number of halogens is 4. The summed E-state index contributed by atoms with van der Waals surface area (Å²) < 4.78 is 58.1. The zero-order valence-electron chi connectivity index (χ0n) is 23.7. The summed E-state index contributed by atoms with van der Waals surface area (Å²) in [5.74, 6) is -1.72. The van der Waals surface area contributed by atoms with Crippen LogP contribution >= 0.6 is 0 Å². The molecule has 12 heteroatoms. The molecule has 0 atom stereocenters. The molecule has 0 saturated carbocycles. The van der Waals surface area contributed by atoms with Gasteiger partial charge < -0.3 is 15.4 Å². The average Bonchev–Trinajstić information content (AvgIpc) is 3.47. The number of amides is 2. The zero-order chi connectivity index (χ0) is 31.8. The van der Waals surface area contributed by atoms with E-state index in [1.165, 1.54) is 41.1 Å². The fourth-order valence-corrected chi connectivity index (χ4v) is 4.46. The topological polar surface area (TPSA) is 98.1 Å². The van der Waals surface area contributed by atoms with Gasteiger partial charge in [-0.2, -0.15) is 13.2 Å². The summed E-state index contributed by atoms with van der Waals surface area (Å²) in [5.41, 5.74) is 4.19. The largest absolute Gasteiger partial charge is 0.405 e. The van der Waals surface area contributed by atoms with E-state index in [0.717, 1.165) is 22.3 Å². The standard InChI is InChI=1S/C33H27F4N5O3/c34-27-13-9-24(10-14-27)26-8-4-7-23(17-26)18-38-32(44)30-29(20-45-19-22-5-2-1-3-6-22)42(41-40-30)28-15-11-25(12-16-28)31(43)39-21-33(35,36)37/h1-17H,18-21H2,(H,38,44)(H,39,43). The Morgan fingerprint density at radius 2 is 1.47 bits per heavy atom. The van der Waals surface area contributed by atoms with Crippen molar-refractivity contribution in [3.63, 3.8) is 0 Å². The maximum atomic E-state index is 13.4. The molecule has 230 valence electrons. The third-order valence-corrected chi connectivity index (χ3v) is 6.71. The number of alkyl halides is 3. The highest BCUT2D eigenvalue weighted by molar-refractivity contribution is 5.94. The lowest BCUT2D eigenvalue weighted by Gasteiger charge is -2.11. The third kappa shape index (κ3) is 8.39. The summed E-state index contributed by atoms with van der Waals surface area (Å²) in [4.78, 5) is 25.5. The van der Waals surface area contributed by atoms with Crippen molar-refractivity contribution in [2.45, 2.75) is 25.9 Å². The summed E-state index contributed by atoms with van der Waals surface area (Å²) in [6.45, 7) is -1.07. The molecule has 5 aromatic rings. The van der Waals surface area contributed by atoms with E-state index in [-0.39, 0.29) is 36.8 Å². The molecule has 0 spiro atoms. The number of rotatable bonds is 11. The molecule has 0 aliphatic heterocycles. The van der Waals surface area contributed by atoms with Gasteiger partial charge >= 0.3 is 6.18 Å². The Bertz CT molecular complexity index is 1760. The molecule has 0 unspecified atom stereocenters. The number of carbonyl (C=O) groups excluding carboxylic acids is 2. The van der Waals surface area contributed by atoms with Gasteiger partial charge in [0.15, 0.2) is 5.69 Å². The molecule has 5 rings (SSSR count). The first-order chi connectivity index (χ1) is 21.7. The van der Waals surface area contributed by atoms with Crippen LogP contribution in [0, 0.1) is 5.82 Å². The minimum atomic E-state index is -4.53. The Labute approximate surface area is 255 Å². The number of benzene rings is 4. The van der Waals surface area contributed by atoms with Crippen LogP contribution < -0.4 is 10.6 Å². The van der Waals surface area contributed by atoms with Crippen LogP contribution in [0.15, 0.2) is 103 Å². The van der Waals surface area contributed by atoms with E-state index >= 15 is 0 Å². The monoisotopic (exact) mass is 617 g/mol. The predicted molar refractivity (Wildman–Crippen MR) is 158 cm³/mol. The highest BCUT2D eigenvalue weighted by Crippen LogP contribution is 2.22. The Morgan fingerprint density at radius 3 is 2.18 bits per heavy atom. The van der Waals surface area contributed by atoms with Gasteiger partial charge in [-0.1, -0.05) is 65.9 Å². The molecule has 0 fully saturated rings. The molecule has 2 N–H and O–H groups in total. The quantitative estimate of drug-likeness (QED) is 0.177. The van der Waals surface area contributed by atoms with Crippen LogP contribution in [0.5, 0.6) is 0 Å². The van der Waals surface area contributed by atoms with Crippen LogP contribution in [0.4, 0.5) is 17.6 Å². The number of nitrogens with zero attached hydrogens (tertiary/aromatic N) is 3. The fourth-order valence-electron chi connectivity index (χ4n) is 4.46. The molecule has 45 heavy (non-hydrogen) atoms. The summed E-state index contributed by atoms with van der Waals surface area (Å²) in [6.07, 6.45) is -4.53. The van der Waals surface area contributed by atoms with Crippen LogP contribution in [0.3, 0.4) is 0 Å². The molecule has 1 aromatic heterocycles. The second-order valence-electron chi connectivity index (χ2n) is 10.0. The highest BCUT2D eigenvalue weighted by atomic mass is 19.4. The van der Waals surface area contributed by atoms with Crippen molar-refractivity contribution < 1.29 is 31.9 Å². The Balaban J connectivity index is 1.33. The summed E-state index contributed by atoms with van der Waals surface area (Å²) in [5, 5.41) is 12.9. The SMILES string of the molecule is O=C(NCC(F)(F)F)c1ccc(-n2nnc(C(=O)NCc3cccc(-c4ccc(F)cc4)c3)c2COCc2ccccc2)cc1. The zero-order valence-corrected chi connectivity index (χ0v) is 23.7. The van der Waals surface area contributed by atoms with Gasteiger partial charge in [0.1, 0.15) is 18.1 Å². The molecule has 0 aliphatic rings. The van der Waals surface area contributed by atoms with E-state index < -0.39 is 24.5 Å². The Morgan fingerprint density at radius 1 is 0.756 bits per heavy atom. The normalized spacial score (nSPS) is 11.3. The summed E-state index contributed by atoms with van der Waals surface area (Å²) >= 11 is 0. The summed E-state index contributed by atoms with van der Waals surface area (Å²) in [6, 6.07) is 28.7. The molecule has 0 saturated heterocycles. The minimum absolute atomic E-state index is 0.0183. The van der Waals surface area contributed by atoms with Crippen molar-refractivity contribution in [3.05, 3.63) is 137 Å². The minimum Gasteiger partial charge on any atom is -0.370 e. The van der Waals surface area contributed by atoms with E-state index in [2.05, 4.69) is 15.6 Å². The van der Waals surface area contributed by atoms with E-state index in [0.29, 0.717) is 11.4 Å². The molecule has 0 aliphatic carbocycles. The van der Waals surface area contributed by atoms with Crippen molar-refractivity contribution in [3.8, 4) is 16.8 Å². The van der Waals surface area contributed by atoms with Crippen molar-refractivity contribution >= 4 is 11.8 Å². The van der Waals surface area contributed by atoms with E-state index in [9.17, 15) is 27.2 Å². The molecule has 8 nitrogen and oxygen atoms in total. The number of ether oxygens (including phenoxy) is 1. The molecule has 2 amide bonds. The van der Waals surface area contributed by atoms with Gasteiger partial charge in [-0.25, -0.2) is 9.07 Å². The number of hydrogen-bond donors (Lipinski definition) is 2. The lowest BCUT2D eigenvalue weighted by molar-refractivity contribution is -0.123. The van der Waals surface area contributed by atoms with Gasteiger partial charge in [0.05, 0.1) is 18.9 Å². The van der Waals surface area contributed by atoms with Gasteiger partial charge in [0, 0.05) is 12.1 Å². The van der Waals surface area contributed by atoms with Crippen LogP contribution in [0.25, 0.3) is 16.8 Å². The third-order valence-electron chi connectivity index (χ3n) is 6.71. The fraction of sp³-hybridized carbons (Fsp3) is 0.152. The van der Waals surface area contributed by atoms with E-state index in [1.807, 2.05) is 59.9 Å². The van der Waals surface area contributed by atoms with Crippen LogP contribution in [-0.4, -0.2) is 39.5 Å². The first-order valence-electron chi connectivity index (χ1n) is 13.8. The van der Waals surface area contributed by atoms with Gasteiger partial charge in [-0.05, 0) is 64.7 Å². The molecule has 4 aromatic carbocycles. The van der Waals surface area contributed by atoms with Crippen molar-refractivity contribution in [1.82, 2.24) is 25.6 Å². The lowest BCUT2D eigenvalue weighted by Crippen LogP contribution is -2.33. The van der Waals surface area contributed by atoms with Crippen LogP contribution in [0.2, 0.25) is 0 Å². The maximum absolute atomic E-state index is 13.4. The molecule has 0 bridgehead atoms. The summed E-state index contributed by atoms with van der Waals surface area (Å²) in [7, 11) is 0. The van der Waals surface area contributed by atoms with Gasteiger partial charge in [0.25, 0.3) is 11.8 Å². The van der Waals surface area contributed by atoms with Gasteiger partial charge in [-0.3, -0.25) is 9.59 Å². The van der Waals surface area contributed by atoms with Crippen LogP contribution in [-0.2, 0) is 24.5 Å². The number of carbonyl (C=O) groups is 2. The van der Waals surface area contributed by atoms with Gasteiger partial charge in [0.2, 0.25) is 0 Å². The Kier molecular flexibility index (Phi) is 9.64. The van der Waals surface area contributed by atoms with E-state index in [1.54, 1.807) is 12.1 Å². The number of hydrogen-bond acceptors (Lipinski definition) is 5. The number of aromatic nitrogens is 3. The molecular formula is C33H27F4N5O3. The van der Waals surface area contributed by atoms with Crippen LogP contribution in [0.1, 0.15) is 37.7 Å². The molecule has 0 radical (unpaired) electrons. The number of nitrogens with one attached hydrogen (secondary N) is 2. The predicted octanol–water partition coefficient (Wildman–Crippen LogP) is 6.01. The van der Waals surface area contributed by atoms with Crippen molar-refractivity contribution in [2.75, 3.05) is 6.54 Å². The van der Waals surface area contributed by atoms with E-state index in [4.69, 9.17) is 4.74 Å². The maximum Gasteiger partial charge on any atom is 0.405 e. The first-order valence-corrected chi connectivity index (χ1v) is 13.8. The second-order valence-corrected chi connectivity index (χ2v) is 10.0. The lowest BCUT2D eigenvalue weighted by atomic mass is 10.0. The molecular weight excluding hydrogens is 590 g/mol. The second kappa shape index (κ2) is 14.0. The molecule has 1 heterocycles. The Hall–Kier alpha value is -5.36.